The fraction of sp³-hybridized carbons (Fsp3) is 0.290. The lowest BCUT2D eigenvalue weighted by Crippen LogP contribution is -2.85. The Balaban J connectivity index is 1.66. The number of halogens is 6. The average Bonchev–Trinajstić information content (AvgIpc) is 3.49. The van der Waals surface area contributed by atoms with E-state index < -0.39 is 47.2 Å². The van der Waals surface area contributed by atoms with Gasteiger partial charge in [-0.05, 0) is 60.7 Å². The number of benzene rings is 2. The number of nitrogens with one attached hydrogen (secondary N) is 2. The summed E-state index contributed by atoms with van der Waals surface area (Å²) < 4.78 is 81.7. The van der Waals surface area contributed by atoms with E-state index in [-0.39, 0.29) is 41.4 Å². The minimum Gasteiger partial charge on any atom is -0.366 e. The van der Waals surface area contributed by atoms with Crippen molar-refractivity contribution in [1.29, 1.82) is 5.41 Å². The molecule has 1 aromatic heterocycles. The Morgan fingerprint density at radius 2 is 1.75 bits per heavy atom. The fourth-order valence-corrected chi connectivity index (χ4v) is 5.32. The van der Waals surface area contributed by atoms with Crippen molar-refractivity contribution in [2.24, 2.45) is 11.7 Å². The Kier molecular flexibility index (Phi) is 10.2. The number of carbonyl (C=O) groups is 2. The molecule has 0 radical (unpaired) electrons. The molecule has 7 nitrogen and oxygen atoms in total. The van der Waals surface area contributed by atoms with Crippen LogP contribution in [0.4, 0.5) is 26.3 Å². The molecule has 0 unspecified atom stereocenters. The first-order chi connectivity index (χ1) is 20.8. The van der Waals surface area contributed by atoms with Gasteiger partial charge in [-0.1, -0.05) is 25.0 Å². The number of amides is 2. The number of rotatable bonds is 11. The molecule has 44 heavy (non-hydrogen) atoms. The molecule has 1 atom stereocenters. The highest BCUT2D eigenvalue weighted by Gasteiger charge is 2.35. The molecular formula is C31H30F6N5O2+. The van der Waals surface area contributed by atoms with Gasteiger partial charge in [0.05, 0.1) is 17.3 Å². The van der Waals surface area contributed by atoms with Gasteiger partial charge in [-0.25, -0.2) is 13.2 Å². The lowest BCUT2D eigenvalue weighted by atomic mass is 9.94. The molecule has 0 aliphatic heterocycles. The first-order valence-corrected chi connectivity index (χ1v) is 13.8. The standard InChI is InChI=1S/C31H29F6N5O2/c32-20-10-17(11-21(33)14-20)12-26(29-22(6-3-9-40-29)19-7-8-24(34)23(13-19)30(39)44)42-28(43)16-41-25(18-4-1-2-5-18)15-27(38)31(35,36)37/h3,6-11,13-15,18,26,38,41H,1-2,4-5,12,16H2,(H2,39,44)(H,42,43)/p+1/b25-15-,38-27?/t26-/m0/s1. The smallest absolute Gasteiger partial charge is 0.366 e. The highest BCUT2D eigenvalue weighted by Crippen LogP contribution is 2.31. The molecule has 1 heterocycles. The van der Waals surface area contributed by atoms with Gasteiger partial charge in [-0.3, -0.25) is 20.0 Å². The summed E-state index contributed by atoms with van der Waals surface area (Å²) in [7, 11) is 0. The number of allylic oxidation sites excluding steroid dienone is 2. The molecule has 0 bridgehead atoms. The lowest BCUT2D eigenvalue weighted by Gasteiger charge is -2.22. The number of nitrogens with two attached hydrogens (primary N) is 2. The predicted molar refractivity (Wildman–Crippen MR) is 150 cm³/mol. The van der Waals surface area contributed by atoms with Gasteiger partial charge in [0.25, 0.3) is 11.8 Å². The zero-order chi connectivity index (χ0) is 32.0. The van der Waals surface area contributed by atoms with Crippen LogP contribution in [0.15, 0.2) is 66.5 Å². The third-order valence-electron chi connectivity index (χ3n) is 7.37. The van der Waals surface area contributed by atoms with Gasteiger partial charge in [0, 0.05) is 29.8 Å². The van der Waals surface area contributed by atoms with Crippen LogP contribution in [0.5, 0.6) is 0 Å². The van der Waals surface area contributed by atoms with Crippen molar-refractivity contribution in [3.05, 3.63) is 101 Å². The Hall–Kier alpha value is -4.52. The lowest BCUT2D eigenvalue weighted by molar-refractivity contribution is -0.601. The maximum Gasteiger partial charge on any atom is 0.432 e. The fourth-order valence-electron chi connectivity index (χ4n) is 5.32. The number of quaternary nitrogens is 1. The van der Waals surface area contributed by atoms with Crippen molar-refractivity contribution in [2.75, 3.05) is 6.54 Å². The molecule has 1 aliphatic rings. The maximum atomic E-state index is 14.2. The zero-order valence-corrected chi connectivity index (χ0v) is 23.4. The third-order valence-corrected chi connectivity index (χ3v) is 7.37. The normalized spacial score (nSPS) is 14.8. The number of pyridine rings is 1. The number of hydrogen-bond acceptors (Lipinski definition) is 4. The summed E-state index contributed by atoms with van der Waals surface area (Å²) in [6, 6.07) is 8.67. The van der Waals surface area contributed by atoms with Gasteiger partial charge in [-0.2, -0.15) is 13.2 Å². The molecule has 0 saturated heterocycles. The maximum absolute atomic E-state index is 14.2. The number of nitrogens with zero attached hydrogens (tertiary/aromatic N) is 1. The molecule has 13 heteroatoms. The van der Waals surface area contributed by atoms with Crippen molar-refractivity contribution in [1.82, 2.24) is 10.3 Å². The summed E-state index contributed by atoms with van der Waals surface area (Å²) in [6.07, 6.45) is 0.0777. The molecule has 1 aliphatic carbocycles. The molecule has 4 rings (SSSR count). The van der Waals surface area contributed by atoms with Gasteiger partial charge in [0.1, 0.15) is 28.9 Å². The Morgan fingerprint density at radius 3 is 2.39 bits per heavy atom. The monoisotopic (exact) mass is 618 g/mol. The first-order valence-electron chi connectivity index (χ1n) is 13.8. The third kappa shape index (κ3) is 8.31. The Labute approximate surface area is 249 Å². The average molecular weight is 619 g/mol. The van der Waals surface area contributed by atoms with Gasteiger partial charge >= 0.3 is 6.18 Å². The van der Waals surface area contributed by atoms with Gasteiger partial charge in [0.15, 0.2) is 6.54 Å². The van der Waals surface area contributed by atoms with E-state index in [9.17, 15) is 35.9 Å². The molecule has 6 N–H and O–H groups in total. The molecule has 2 aromatic carbocycles. The summed E-state index contributed by atoms with van der Waals surface area (Å²) in [4.78, 5) is 29.4. The van der Waals surface area contributed by atoms with E-state index in [1.54, 1.807) is 12.1 Å². The van der Waals surface area contributed by atoms with Crippen molar-refractivity contribution < 1.29 is 41.2 Å². The van der Waals surface area contributed by atoms with Gasteiger partial charge in [-0.15, -0.1) is 0 Å². The largest absolute Gasteiger partial charge is 0.432 e. The van der Waals surface area contributed by atoms with Gasteiger partial charge in [0.2, 0.25) is 0 Å². The molecule has 0 spiro atoms. The minimum absolute atomic E-state index is 0.141. The highest BCUT2D eigenvalue weighted by molar-refractivity contribution is 5.97. The highest BCUT2D eigenvalue weighted by atomic mass is 19.4. The molecule has 3 aromatic rings. The van der Waals surface area contributed by atoms with Crippen molar-refractivity contribution in [3.8, 4) is 11.1 Å². The van der Waals surface area contributed by atoms with Crippen LogP contribution in [-0.4, -0.2) is 35.2 Å². The van der Waals surface area contributed by atoms with Crippen molar-refractivity contribution >= 4 is 17.5 Å². The van der Waals surface area contributed by atoms with Crippen LogP contribution in [-0.2, 0) is 11.2 Å². The van der Waals surface area contributed by atoms with E-state index in [4.69, 9.17) is 11.1 Å². The van der Waals surface area contributed by atoms with E-state index in [0.717, 1.165) is 37.1 Å². The summed E-state index contributed by atoms with van der Waals surface area (Å²) in [6.45, 7) is -0.341. The van der Waals surface area contributed by atoms with E-state index in [2.05, 4.69) is 10.3 Å². The van der Waals surface area contributed by atoms with Crippen LogP contribution in [0.3, 0.4) is 0 Å². The molecular weight excluding hydrogens is 588 g/mol. The number of hydrogen-bond donors (Lipinski definition) is 4. The Bertz CT molecular complexity index is 1560. The van der Waals surface area contributed by atoms with Crippen LogP contribution in [0.1, 0.15) is 53.3 Å². The second-order valence-corrected chi connectivity index (χ2v) is 10.5. The minimum atomic E-state index is -4.84. The van der Waals surface area contributed by atoms with E-state index in [1.807, 2.05) is 0 Å². The van der Waals surface area contributed by atoms with Crippen molar-refractivity contribution in [2.45, 2.75) is 44.3 Å². The van der Waals surface area contributed by atoms with Crippen LogP contribution < -0.4 is 16.4 Å². The van der Waals surface area contributed by atoms with E-state index >= 15 is 0 Å². The van der Waals surface area contributed by atoms with Gasteiger partial charge < -0.3 is 16.4 Å². The quantitative estimate of drug-likeness (QED) is 0.181. The molecule has 1 fully saturated rings. The number of aromatic nitrogens is 1. The first kappa shape index (κ1) is 32.4. The van der Waals surface area contributed by atoms with Crippen LogP contribution >= 0.6 is 0 Å². The van der Waals surface area contributed by atoms with E-state index in [0.29, 0.717) is 30.0 Å². The number of alkyl halides is 3. The zero-order valence-electron chi connectivity index (χ0n) is 23.4. The SMILES string of the molecule is N=C(/C=C(\[NH2+]CC(=O)N[C@@H](Cc1cc(F)cc(F)c1)c1ncccc1-c1ccc(F)c(C(N)=O)c1)C1CCCC1)C(F)(F)F. The van der Waals surface area contributed by atoms with E-state index in [1.165, 1.54) is 23.6 Å². The van der Waals surface area contributed by atoms with Crippen LogP contribution in [0, 0.1) is 28.8 Å². The topological polar surface area (TPSA) is 126 Å². The second kappa shape index (κ2) is 13.8. The molecule has 232 valence electrons. The summed E-state index contributed by atoms with van der Waals surface area (Å²) >= 11 is 0. The summed E-state index contributed by atoms with van der Waals surface area (Å²) in [5.74, 6) is -4.38. The summed E-state index contributed by atoms with van der Waals surface area (Å²) in [5.41, 5.74) is 4.75. The molecule has 2 amide bonds. The Morgan fingerprint density at radius 1 is 1.07 bits per heavy atom. The van der Waals surface area contributed by atoms with Crippen LogP contribution in [0.25, 0.3) is 11.1 Å². The number of primary amides is 1. The summed E-state index contributed by atoms with van der Waals surface area (Å²) in [5, 5.41) is 11.5. The van der Waals surface area contributed by atoms with Crippen molar-refractivity contribution in [3.63, 3.8) is 0 Å². The molecule has 1 saturated carbocycles. The second-order valence-electron chi connectivity index (χ2n) is 10.5. The predicted octanol–water partition coefficient (Wildman–Crippen LogP) is 4.88. The van der Waals surface area contributed by atoms with Crippen LogP contribution in [0.2, 0.25) is 0 Å². The number of carbonyl (C=O) groups excluding carboxylic acids is 2.